The summed E-state index contributed by atoms with van der Waals surface area (Å²) in [5.74, 6) is 0.0138. The van der Waals surface area contributed by atoms with E-state index in [1.165, 1.54) is 0 Å². The van der Waals surface area contributed by atoms with Crippen molar-refractivity contribution in [3.63, 3.8) is 0 Å². The maximum atomic E-state index is 11.0. The van der Waals surface area contributed by atoms with Crippen LogP contribution in [-0.2, 0) is 9.53 Å². The molecular formula is C7H13ClN2O2. The third-order valence-corrected chi connectivity index (χ3v) is 2.26. The van der Waals surface area contributed by atoms with Gasteiger partial charge in [0.15, 0.2) is 0 Å². The fourth-order valence-electron chi connectivity index (χ4n) is 1.68. The van der Waals surface area contributed by atoms with Crippen LogP contribution in [0.5, 0.6) is 0 Å². The number of carbonyl (C=O) groups is 1. The van der Waals surface area contributed by atoms with E-state index in [1.807, 2.05) is 0 Å². The van der Waals surface area contributed by atoms with Gasteiger partial charge in [0.2, 0.25) is 5.91 Å². The van der Waals surface area contributed by atoms with Crippen LogP contribution in [0.4, 0.5) is 0 Å². The van der Waals surface area contributed by atoms with Crippen LogP contribution >= 0.6 is 12.4 Å². The van der Waals surface area contributed by atoms with Gasteiger partial charge in [0.05, 0.1) is 12.1 Å². The smallest absolute Gasteiger partial charge is 0.246 e. The first kappa shape index (κ1) is 9.77. The van der Waals surface area contributed by atoms with E-state index < -0.39 is 0 Å². The highest BCUT2D eigenvalue weighted by Crippen LogP contribution is 2.17. The van der Waals surface area contributed by atoms with Crippen molar-refractivity contribution in [3.05, 3.63) is 0 Å². The summed E-state index contributed by atoms with van der Waals surface area (Å²) in [6, 6.07) is 0. The van der Waals surface area contributed by atoms with Crippen LogP contribution in [0.1, 0.15) is 6.42 Å². The number of carbonyl (C=O) groups excluding carboxylic acids is 1. The number of halogens is 1. The average Bonchev–Trinajstić information content (AvgIpc) is 2.37. The number of ether oxygens (including phenoxy) is 1. The Morgan fingerprint density at radius 3 is 2.92 bits per heavy atom. The Bertz CT molecular complexity index is 180. The Kier molecular flexibility index (Phi) is 2.93. The zero-order chi connectivity index (χ0) is 7.73. The van der Waals surface area contributed by atoms with Crippen molar-refractivity contribution in [2.45, 2.75) is 12.0 Å². The minimum absolute atomic E-state index is 0. The van der Waals surface area contributed by atoms with Crippen molar-refractivity contribution >= 4 is 18.3 Å². The fourth-order valence-corrected chi connectivity index (χ4v) is 1.68. The van der Waals surface area contributed by atoms with Crippen molar-refractivity contribution in [1.82, 2.24) is 10.6 Å². The maximum Gasteiger partial charge on any atom is 0.246 e. The van der Waals surface area contributed by atoms with E-state index in [0.717, 1.165) is 19.5 Å². The molecule has 2 aliphatic heterocycles. The van der Waals surface area contributed by atoms with Crippen LogP contribution in [0.3, 0.4) is 0 Å². The van der Waals surface area contributed by atoms with Gasteiger partial charge in [-0.2, -0.15) is 0 Å². The summed E-state index contributed by atoms with van der Waals surface area (Å²) in [4.78, 5) is 11.0. The summed E-state index contributed by atoms with van der Waals surface area (Å²) in [7, 11) is 0. The molecule has 0 bridgehead atoms. The zero-order valence-electron chi connectivity index (χ0n) is 6.76. The van der Waals surface area contributed by atoms with Crippen molar-refractivity contribution < 1.29 is 9.53 Å². The lowest BCUT2D eigenvalue weighted by Crippen LogP contribution is -2.58. The average molecular weight is 193 g/mol. The number of hydrogen-bond acceptors (Lipinski definition) is 3. The minimum atomic E-state index is -0.0880. The van der Waals surface area contributed by atoms with E-state index in [0.29, 0.717) is 6.61 Å². The van der Waals surface area contributed by atoms with Crippen molar-refractivity contribution in [1.29, 1.82) is 0 Å². The largest absolute Gasteiger partial charge is 0.369 e. The van der Waals surface area contributed by atoms with Gasteiger partial charge in [0.1, 0.15) is 6.61 Å². The molecule has 0 aromatic carbocycles. The highest BCUT2D eigenvalue weighted by Gasteiger charge is 2.38. The Morgan fingerprint density at radius 2 is 2.33 bits per heavy atom. The molecule has 0 aromatic rings. The molecule has 2 rings (SSSR count). The van der Waals surface area contributed by atoms with Crippen LogP contribution in [0, 0.1) is 0 Å². The molecule has 2 N–H and O–H groups in total. The third-order valence-electron chi connectivity index (χ3n) is 2.26. The molecule has 2 heterocycles. The topological polar surface area (TPSA) is 50.4 Å². The monoisotopic (exact) mass is 192 g/mol. The molecule has 0 aliphatic carbocycles. The second-order valence-electron chi connectivity index (χ2n) is 3.25. The van der Waals surface area contributed by atoms with Gasteiger partial charge in [-0.15, -0.1) is 12.4 Å². The number of amides is 1. The molecule has 70 valence electrons. The highest BCUT2D eigenvalue weighted by atomic mass is 35.5. The number of hydrogen-bond donors (Lipinski definition) is 2. The summed E-state index contributed by atoms with van der Waals surface area (Å²) in [6.07, 6.45) is 0.985. The van der Waals surface area contributed by atoms with E-state index in [9.17, 15) is 4.79 Å². The van der Waals surface area contributed by atoms with Gasteiger partial charge >= 0.3 is 0 Å². The Labute approximate surface area is 77.4 Å². The lowest BCUT2D eigenvalue weighted by molar-refractivity contribution is -0.134. The molecule has 12 heavy (non-hydrogen) atoms. The molecule has 0 saturated carbocycles. The van der Waals surface area contributed by atoms with E-state index in [-0.39, 0.29) is 30.5 Å². The minimum Gasteiger partial charge on any atom is -0.369 e. The first-order chi connectivity index (χ1) is 5.31. The Morgan fingerprint density at radius 1 is 1.50 bits per heavy atom. The second-order valence-corrected chi connectivity index (χ2v) is 3.25. The summed E-state index contributed by atoms with van der Waals surface area (Å²) < 4.78 is 5.17. The highest BCUT2D eigenvalue weighted by molar-refractivity contribution is 5.85. The molecular weight excluding hydrogens is 180 g/mol. The van der Waals surface area contributed by atoms with Gasteiger partial charge in [-0.25, -0.2) is 0 Å². The normalized spacial score (nSPS) is 34.5. The first-order valence-corrected chi connectivity index (χ1v) is 3.90. The van der Waals surface area contributed by atoms with Gasteiger partial charge in [-0.05, 0) is 13.0 Å². The van der Waals surface area contributed by atoms with Gasteiger partial charge in [-0.1, -0.05) is 0 Å². The molecule has 1 atom stereocenters. The lowest BCUT2D eigenvalue weighted by atomic mass is 9.99. The number of rotatable bonds is 0. The Balaban J connectivity index is 0.000000720. The van der Waals surface area contributed by atoms with Gasteiger partial charge in [-0.3, -0.25) is 4.79 Å². The van der Waals surface area contributed by atoms with E-state index in [2.05, 4.69) is 10.6 Å². The SMILES string of the molecule is Cl.O=C1COCC2(CCNC2)N1. The van der Waals surface area contributed by atoms with E-state index >= 15 is 0 Å². The predicted molar refractivity (Wildman–Crippen MR) is 46.4 cm³/mol. The predicted octanol–water partition coefficient (Wildman–Crippen LogP) is -0.713. The summed E-state index contributed by atoms with van der Waals surface area (Å²) in [5.41, 5.74) is -0.0880. The van der Waals surface area contributed by atoms with Gasteiger partial charge < -0.3 is 15.4 Å². The van der Waals surface area contributed by atoms with Crippen LogP contribution < -0.4 is 10.6 Å². The number of nitrogens with one attached hydrogen (secondary N) is 2. The molecule has 0 radical (unpaired) electrons. The molecule has 4 nitrogen and oxygen atoms in total. The quantitative estimate of drug-likeness (QED) is 0.533. The van der Waals surface area contributed by atoms with Crippen molar-refractivity contribution in [2.75, 3.05) is 26.3 Å². The molecule has 1 unspecified atom stereocenters. The molecule has 5 heteroatoms. The fraction of sp³-hybridized carbons (Fsp3) is 0.857. The second kappa shape index (κ2) is 3.60. The molecule has 0 aromatic heterocycles. The summed E-state index contributed by atoms with van der Waals surface area (Å²) >= 11 is 0. The zero-order valence-corrected chi connectivity index (χ0v) is 7.58. The van der Waals surface area contributed by atoms with E-state index in [1.54, 1.807) is 0 Å². The van der Waals surface area contributed by atoms with Crippen LogP contribution in [0.25, 0.3) is 0 Å². The van der Waals surface area contributed by atoms with Gasteiger partial charge in [0, 0.05) is 6.54 Å². The van der Waals surface area contributed by atoms with Crippen LogP contribution in [0.15, 0.2) is 0 Å². The molecule has 2 saturated heterocycles. The Hall–Kier alpha value is -0.320. The van der Waals surface area contributed by atoms with Crippen molar-refractivity contribution in [3.8, 4) is 0 Å². The van der Waals surface area contributed by atoms with Crippen molar-refractivity contribution in [2.24, 2.45) is 0 Å². The van der Waals surface area contributed by atoms with Gasteiger partial charge in [0.25, 0.3) is 0 Å². The summed E-state index contributed by atoms with van der Waals surface area (Å²) in [5, 5.41) is 6.17. The van der Waals surface area contributed by atoms with Crippen LogP contribution in [0.2, 0.25) is 0 Å². The molecule has 1 amide bonds. The van der Waals surface area contributed by atoms with Crippen LogP contribution in [-0.4, -0.2) is 37.7 Å². The lowest BCUT2D eigenvalue weighted by Gasteiger charge is -2.33. The van der Waals surface area contributed by atoms with E-state index in [4.69, 9.17) is 4.74 Å². The maximum absolute atomic E-state index is 11.0. The first-order valence-electron chi connectivity index (χ1n) is 3.90. The standard InChI is InChI=1S/C7H12N2O2.ClH/c10-6-3-11-5-7(9-6)1-2-8-4-7;/h8H,1-5H2,(H,9,10);1H. The molecule has 2 fully saturated rings. The third kappa shape index (κ3) is 1.71. The molecule has 2 aliphatic rings. The molecule has 1 spiro atoms. The summed E-state index contributed by atoms with van der Waals surface area (Å²) in [6.45, 7) is 2.70. The number of morpholine rings is 1.